The number of hydrogen-bond acceptors (Lipinski definition) is 0. The maximum atomic E-state index is 2.35. The first kappa shape index (κ1) is 23.6. The molecule has 5 heteroatoms. The van der Waals surface area contributed by atoms with E-state index >= 15 is 0 Å². The van der Waals surface area contributed by atoms with E-state index in [1.165, 1.54) is 21.5 Å². The van der Waals surface area contributed by atoms with Crippen LogP contribution in [0.3, 0.4) is 0 Å². The van der Waals surface area contributed by atoms with Gasteiger partial charge in [-0.2, -0.15) is 35.0 Å². The number of benzene rings is 2. The Morgan fingerprint density at radius 2 is 1.12 bits per heavy atom. The van der Waals surface area contributed by atoms with Crippen LogP contribution in [0.4, 0.5) is 0 Å². The third-order valence-corrected chi connectivity index (χ3v) is 14.0. The summed E-state index contributed by atoms with van der Waals surface area (Å²) in [7, 11) is 0. The number of fused-ring (bicyclic) bond motifs is 2. The fraction of sp³-hybridized carbons (Fsp3) is 0.0526. The van der Waals surface area contributed by atoms with Crippen molar-refractivity contribution in [3.8, 4) is 0 Å². The van der Waals surface area contributed by atoms with E-state index in [0.717, 1.165) is 6.16 Å². The maximum Gasteiger partial charge on any atom is -0.0809 e. The van der Waals surface area contributed by atoms with Crippen LogP contribution < -0.4 is 0 Å². The average molecular weight is 469 g/mol. The first-order chi connectivity index (χ1) is 10.8. The summed E-state index contributed by atoms with van der Waals surface area (Å²) in [5, 5.41) is 5.32. The van der Waals surface area contributed by atoms with E-state index in [2.05, 4.69) is 98.4 Å². The maximum absolute atomic E-state index is 2.35. The van der Waals surface area contributed by atoms with Crippen LogP contribution in [0.2, 0.25) is 6.55 Å². The third-order valence-electron chi connectivity index (χ3n) is 3.30. The Hall–Kier alpha value is -0.443. The standard InChI is InChI=1S/2C9H7.CH4Si.2ClH.H2Si.Zr/c2*1-2-5-9-7-3-6-8(9)4-1;1-2;;;;/h2*1-7H;2H,1H3;2*1H;1H2;/q2*-1;;;;;. The van der Waals surface area contributed by atoms with E-state index in [1.807, 2.05) is 0 Å². The number of hydrogen-bond donors (Lipinski definition) is 0. The predicted molar refractivity (Wildman–Crippen MR) is 115 cm³/mol. The van der Waals surface area contributed by atoms with Gasteiger partial charge in [-0.1, -0.05) is 12.1 Å². The summed E-state index contributed by atoms with van der Waals surface area (Å²) >= 11 is 0.335. The molecule has 0 bridgehead atoms. The molecule has 24 heavy (non-hydrogen) atoms. The van der Waals surface area contributed by atoms with E-state index in [1.54, 1.807) is 0 Å². The molecule has 0 aliphatic heterocycles. The largest absolute Gasteiger partial charge is 0.168 e. The molecule has 0 nitrogen and oxygen atoms in total. The second-order valence-electron chi connectivity index (χ2n) is 4.80. The van der Waals surface area contributed by atoms with Crippen molar-refractivity contribution in [3.05, 3.63) is 84.9 Å². The molecule has 0 atom stereocenters. The van der Waals surface area contributed by atoms with Crippen LogP contribution >= 0.6 is 24.8 Å². The van der Waals surface area contributed by atoms with E-state index in [9.17, 15) is 0 Å². The van der Waals surface area contributed by atoms with Crippen molar-refractivity contribution in [3.63, 3.8) is 0 Å². The van der Waals surface area contributed by atoms with Crippen molar-refractivity contribution in [1.82, 2.24) is 0 Å². The molecule has 0 radical (unpaired) electrons. The topological polar surface area (TPSA) is 0 Å². The number of rotatable bonds is 0. The molecule has 0 aromatic heterocycles. The molecule has 4 rings (SSSR count). The smallest absolute Gasteiger partial charge is 0.0809 e. The van der Waals surface area contributed by atoms with Crippen LogP contribution in [0.1, 0.15) is 0 Å². The zero-order valence-corrected chi connectivity index (χ0v) is 20.3. The van der Waals surface area contributed by atoms with Crippen LogP contribution in [0.25, 0.3) is 21.5 Å². The first-order valence-corrected chi connectivity index (χ1v) is 19.3. The summed E-state index contributed by atoms with van der Waals surface area (Å²) in [5.41, 5.74) is 0. The minimum atomic E-state index is 0. The van der Waals surface area contributed by atoms with Gasteiger partial charge in [-0.25, -0.2) is 0 Å². The zero-order valence-electron chi connectivity index (χ0n) is 13.7. The van der Waals surface area contributed by atoms with Gasteiger partial charge in [0.25, 0.3) is 0 Å². The third kappa shape index (κ3) is 7.63. The normalized spacial score (nSPS) is 8.38. The van der Waals surface area contributed by atoms with Crippen LogP contribution in [0.5, 0.6) is 0 Å². The summed E-state index contributed by atoms with van der Waals surface area (Å²) in [6.07, 6.45) is 0.965. The minimum Gasteiger partial charge on any atom is -0.168 e. The Kier molecular flexibility index (Phi) is 13.5. The molecule has 0 fully saturated rings. The monoisotopic (exact) mass is 466 g/mol. The summed E-state index contributed by atoms with van der Waals surface area (Å²) in [4.78, 5) is 0. The summed E-state index contributed by atoms with van der Waals surface area (Å²) in [5.74, 6) is 0. The van der Waals surface area contributed by atoms with Gasteiger partial charge in [0, 0.05) is 0 Å². The molecule has 0 aliphatic rings. The summed E-state index contributed by atoms with van der Waals surface area (Å²) < 4.78 is 0. The molecule has 0 saturated heterocycles. The van der Waals surface area contributed by atoms with Crippen molar-refractivity contribution in [2.45, 2.75) is 6.55 Å². The summed E-state index contributed by atoms with van der Waals surface area (Å²) in [6.45, 7) is 4.58. The fourth-order valence-corrected chi connectivity index (χ4v) is 2.14. The van der Waals surface area contributed by atoms with E-state index in [0.29, 0.717) is 20.5 Å². The Morgan fingerprint density at radius 3 is 1.46 bits per heavy atom. The first-order valence-electron chi connectivity index (χ1n) is 7.36. The van der Waals surface area contributed by atoms with Crippen molar-refractivity contribution in [2.75, 3.05) is 0 Å². The van der Waals surface area contributed by atoms with Crippen molar-refractivity contribution < 1.29 is 20.5 Å². The van der Waals surface area contributed by atoms with Gasteiger partial charge in [0.1, 0.15) is 0 Å². The van der Waals surface area contributed by atoms with Crippen LogP contribution in [-0.2, 0) is 20.5 Å². The van der Waals surface area contributed by atoms with Gasteiger partial charge in [0.05, 0.1) is 0 Å². The number of halogens is 2. The second kappa shape index (κ2) is 13.8. The summed E-state index contributed by atoms with van der Waals surface area (Å²) in [6, 6.07) is 29.3. The molecule has 4 aromatic carbocycles. The molecule has 0 amide bonds. The van der Waals surface area contributed by atoms with Gasteiger partial charge in [-0.05, 0) is 0 Å². The van der Waals surface area contributed by atoms with Crippen LogP contribution in [0, 0.1) is 0 Å². The SMILES string of the molecule is C[SiH]=[Zr]=[SiH2].Cl.Cl.c1ccc2[cH-]ccc2c1.c1ccc2[cH-]ccc2c1. The Morgan fingerprint density at radius 1 is 0.750 bits per heavy atom. The molecule has 0 spiro atoms. The Balaban J connectivity index is 0.000000341. The van der Waals surface area contributed by atoms with E-state index < -0.39 is 0 Å². The average Bonchev–Trinajstić information content (AvgIpc) is 3.24. The molecule has 0 aliphatic carbocycles. The van der Waals surface area contributed by atoms with Gasteiger partial charge < -0.3 is 0 Å². The van der Waals surface area contributed by atoms with Crippen molar-refractivity contribution in [1.29, 1.82) is 0 Å². The predicted octanol–water partition coefficient (Wildman–Crippen LogP) is 4.98. The van der Waals surface area contributed by atoms with Gasteiger partial charge in [-0.15, -0.1) is 84.1 Å². The molecular weight excluding hydrogens is 447 g/mol. The Bertz CT molecular complexity index is 750. The van der Waals surface area contributed by atoms with Gasteiger partial charge in [-0.3, -0.25) is 0 Å². The van der Waals surface area contributed by atoms with Gasteiger partial charge in [0.2, 0.25) is 0 Å². The van der Waals surface area contributed by atoms with Gasteiger partial charge in [0.15, 0.2) is 0 Å². The van der Waals surface area contributed by atoms with E-state index in [4.69, 9.17) is 0 Å². The fourth-order valence-electron chi connectivity index (χ4n) is 2.14. The Labute approximate surface area is 170 Å². The van der Waals surface area contributed by atoms with Crippen molar-refractivity contribution >= 4 is 59.4 Å². The van der Waals surface area contributed by atoms with Gasteiger partial charge >= 0.3 is 40.1 Å². The molecule has 0 saturated carbocycles. The van der Waals surface area contributed by atoms with E-state index in [-0.39, 0.29) is 24.8 Å². The molecule has 4 aromatic rings. The second-order valence-corrected chi connectivity index (χ2v) is 20.3. The quantitative estimate of drug-likeness (QED) is 0.252. The molecule has 0 N–H and O–H groups in total. The molecule has 0 unspecified atom stereocenters. The minimum absolute atomic E-state index is 0. The van der Waals surface area contributed by atoms with Crippen LogP contribution in [-0.4, -0.2) is 13.0 Å². The molecule has 126 valence electrons. The van der Waals surface area contributed by atoms with Crippen molar-refractivity contribution in [2.24, 2.45) is 0 Å². The molecular formula is C19H22Cl2Si2Zr-2. The molecule has 0 heterocycles. The van der Waals surface area contributed by atoms with Crippen LogP contribution in [0.15, 0.2) is 84.9 Å². The zero-order chi connectivity index (χ0) is 15.6.